The fourth-order valence-corrected chi connectivity index (χ4v) is 1.87. The van der Waals surface area contributed by atoms with Gasteiger partial charge in [-0.1, -0.05) is 27.5 Å². The van der Waals surface area contributed by atoms with Gasteiger partial charge in [-0.2, -0.15) is 8.78 Å². The number of carbonyl (C=O) groups is 1. The van der Waals surface area contributed by atoms with E-state index in [-0.39, 0.29) is 21.7 Å². The van der Waals surface area contributed by atoms with E-state index in [1.165, 1.54) is 13.2 Å². The summed E-state index contributed by atoms with van der Waals surface area (Å²) in [5.41, 5.74) is 0.400. The lowest BCUT2D eigenvalue weighted by Crippen LogP contribution is -2.08. The van der Waals surface area contributed by atoms with Crippen LogP contribution in [0.25, 0.3) is 0 Å². The van der Waals surface area contributed by atoms with E-state index >= 15 is 0 Å². The number of esters is 1. The summed E-state index contributed by atoms with van der Waals surface area (Å²) in [7, 11) is 1.17. The van der Waals surface area contributed by atoms with E-state index in [0.717, 1.165) is 6.07 Å². The highest BCUT2D eigenvalue weighted by atomic mass is 79.9. The minimum absolute atomic E-state index is 0.0190. The Morgan fingerprint density at radius 1 is 1.53 bits per heavy atom. The summed E-state index contributed by atoms with van der Waals surface area (Å²) in [6.45, 7) is -2.97. The van der Waals surface area contributed by atoms with Crippen molar-refractivity contribution in [2.75, 3.05) is 7.11 Å². The van der Waals surface area contributed by atoms with Crippen molar-refractivity contribution >= 4 is 33.5 Å². The quantitative estimate of drug-likeness (QED) is 0.625. The first kappa shape index (κ1) is 14.2. The smallest absolute Gasteiger partial charge is 0.387 e. The van der Waals surface area contributed by atoms with Gasteiger partial charge in [0.25, 0.3) is 0 Å². The summed E-state index contributed by atoms with van der Waals surface area (Å²) in [4.78, 5) is 11.3. The molecule has 7 heteroatoms. The molecular weight excluding hydrogens is 321 g/mol. The molecule has 0 amide bonds. The summed E-state index contributed by atoms with van der Waals surface area (Å²) < 4.78 is 33.1. The van der Waals surface area contributed by atoms with Gasteiger partial charge in [-0.15, -0.1) is 0 Å². The van der Waals surface area contributed by atoms with Crippen LogP contribution in [0.4, 0.5) is 8.78 Å². The second kappa shape index (κ2) is 6.16. The molecule has 0 saturated carbocycles. The van der Waals surface area contributed by atoms with Crippen molar-refractivity contribution in [2.24, 2.45) is 0 Å². The summed E-state index contributed by atoms with van der Waals surface area (Å²) in [6, 6.07) is 2.51. The van der Waals surface area contributed by atoms with E-state index in [1.54, 1.807) is 0 Å². The summed E-state index contributed by atoms with van der Waals surface area (Å²) >= 11 is 8.94. The third kappa shape index (κ3) is 3.54. The molecule has 1 rings (SSSR count). The molecule has 0 aliphatic rings. The average molecular weight is 330 g/mol. The predicted molar refractivity (Wildman–Crippen MR) is 62.1 cm³/mol. The Balaban J connectivity index is 3.22. The van der Waals surface area contributed by atoms with Crippen molar-refractivity contribution in [3.8, 4) is 5.75 Å². The first-order chi connectivity index (χ1) is 7.99. The highest BCUT2D eigenvalue weighted by Gasteiger charge is 2.17. The lowest BCUT2D eigenvalue weighted by atomic mass is 10.1. The molecule has 0 aromatic heterocycles. The zero-order valence-corrected chi connectivity index (χ0v) is 11.0. The Morgan fingerprint density at radius 3 is 2.65 bits per heavy atom. The van der Waals surface area contributed by atoms with Gasteiger partial charge in [0.05, 0.1) is 17.7 Å². The van der Waals surface area contributed by atoms with Gasteiger partial charge in [-0.25, -0.2) is 4.79 Å². The molecule has 0 saturated heterocycles. The van der Waals surface area contributed by atoms with Crippen LogP contribution in [0.3, 0.4) is 0 Å². The van der Waals surface area contributed by atoms with Crippen LogP contribution in [0.1, 0.15) is 15.9 Å². The topological polar surface area (TPSA) is 35.5 Å². The molecule has 1 aromatic carbocycles. The number of methoxy groups -OCH3 is 1. The van der Waals surface area contributed by atoms with E-state index in [0.29, 0.717) is 5.56 Å². The molecule has 0 bridgehead atoms. The van der Waals surface area contributed by atoms with Crippen LogP contribution < -0.4 is 4.74 Å². The maximum atomic E-state index is 12.2. The molecule has 0 heterocycles. The van der Waals surface area contributed by atoms with Crippen LogP contribution in [0.2, 0.25) is 5.02 Å². The number of rotatable bonds is 4. The molecular formula is C10H8BrClF2O3. The van der Waals surface area contributed by atoms with Gasteiger partial charge in [-0.05, 0) is 12.1 Å². The Morgan fingerprint density at radius 2 is 2.18 bits per heavy atom. The van der Waals surface area contributed by atoms with Crippen LogP contribution in [0.15, 0.2) is 12.1 Å². The van der Waals surface area contributed by atoms with Crippen molar-refractivity contribution < 1.29 is 23.0 Å². The lowest BCUT2D eigenvalue weighted by molar-refractivity contribution is -0.0503. The van der Waals surface area contributed by atoms with Crippen molar-refractivity contribution in [1.29, 1.82) is 0 Å². The molecule has 94 valence electrons. The lowest BCUT2D eigenvalue weighted by Gasteiger charge is -2.11. The summed E-state index contributed by atoms with van der Waals surface area (Å²) in [5, 5.41) is 0.392. The normalized spacial score (nSPS) is 10.5. The van der Waals surface area contributed by atoms with Crippen LogP contribution in [-0.2, 0) is 10.1 Å². The van der Waals surface area contributed by atoms with Gasteiger partial charge in [-0.3, -0.25) is 0 Å². The first-order valence-electron chi connectivity index (χ1n) is 4.41. The van der Waals surface area contributed by atoms with E-state index in [4.69, 9.17) is 11.6 Å². The maximum absolute atomic E-state index is 12.2. The minimum Gasteiger partial charge on any atom is -0.465 e. The summed E-state index contributed by atoms with van der Waals surface area (Å²) in [6.07, 6.45) is 0. The highest BCUT2D eigenvalue weighted by Crippen LogP contribution is 2.30. The van der Waals surface area contributed by atoms with Crippen molar-refractivity contribution in [2.45, 2.75) is 11.9 Å². The van der Waals surface area contributed by atoms with Gasteiger partial charge in [0.1, 0.15) is 5.75 Å². The van der Waals surface area contributed by atoms with Crippen molar-refractivity contribution in [1.82, 2.24) is 0 Å². The zero-order valence-electron chi connectivity index (χ0n) is 8.68. The van der Waals surface area contributed by atoms with Crippen LogP contribution >= 0.6 is 27.5 Å². The fraction of sp³-hybridized carbons (Fsp3) is 0.300. The largest absolute Gasteiger partial charge is 0.465 e. The average Bonchev–Trinajstić information content (AvgIpc) is 2.29. The van der Waals surface area contributed by atoms with Crippen molar-refractivity contribution in [3.63, 3.8) is 0 Å². The molecule has 0 fully saturated rings. The van der Waals surface area contributed by atoms with Crippen LogP contribution in [0, 0.1) is 0 Å². The van der Waals surface area contributed by atoms with E-state index < -0.39 is 12.6 Å². The number of carbonyl (C=O) groups excluding carboxylic acids is 1. The standard InChI is InChI=1S/C10H8BrClF2O3/c1-16-9(15)6-3-8(17-10(13)14)5(4-11)2-7(6)12/h2-3,10H,4H2,1H3. The van der Waals surface area contributed by atoms with Gasteiger partial charge in [0.2, 0.25) is 0 Å². The molecule has 1 aromatic rings. The number of alkyl halides is 3. The molecule has 17 heavy (non-hydrogen) atoms. The van der Waals surface area contributed by atoms with Crippen molar-refractivity contribution in [3.05, 3.63) is 28.3 Å². The molecule has 0 aliphatic carbocycles. The van der Waals surface area contributed by atoms with Gasteiger partial charge in [0.15, 0.2) is 0 Å². The second-order valence-electron chi connectivity index (χ2n) is 2.94. The molecule has 0 aliphatic heterocycles. The number of halogens is 4. The van der Waals surface area contributed by atoms with E-state index in [9.17, 15) is 13.6 Å². The zero-order chi connectivity index (χ0) is 13.0. The van der Waals surface area contributed by atoms with E-state index in [2.05, 4.69) is 25.4 Å². The van der Waals surface area contributed by atoms with E-state index in [1.807, 2.05) is 0 Å². The molecule has 0 atom stereocenters. The number of hydrogen-bond acceptors (Lipinski definition) is 3. The molecule has 3 nitrogen and oxygen atoms in total. The highest BCUT2D eigenvalue weighted by molar-refractivity contribution is 9.08. The maximum Gasteiger partial charge on any atom is 0.387 e. The summed E-state index contributed by atoms with van der Waals surface area (Å²) in [5.74, 6) is -0.822. The number of hydrogen-bond donors (Lipinski definition) is 0. The number of ether oxygens (including phenoxy) is 2. The van der Waals surface area contributed by atoms with Crippen LogP contribution in [0.5, 0.6) is 5.75 Å². The second-order valence-corrected chi connectivity index (χ2v) is 3.91. The third-order valence-corrected chi connectivity index (χ3v) is 2.83. The van der Waals surface area contributed by atoms with Gasteiger partial charge >= 0.3 is 12.6 Å². The monoisotopic (exact) mass is 328 g/mol. The molecule has 0 spiro atoms. The Labute approximate surface area is 110 Å². The Bertz CT molecular complexity index is 426. The Hall–Kier alpha value is -0.880. The first-order valence-corrected chi connectivity index (χ1v) is 5.91. The fourth-order valence-electron chi connectivity index (χ4n) is 1.17. The SMILES string of the molecule is COC(=O)c1cc(OC(F)F)c(CBr)cc1Cl. The molecule has 0 N–H and O–H groups in total. The molecule has 0 unspecified atom stereocenters. The van der Waals surface area contributed by atoms with Gasteiger partial charge < -0.3 is 9.47 Å². The number of benzene rings is 1. The predicted octanol–water partition coefficient (Wildman–Crippen LogP) is 3.62. The van der Waals surface area contributed by atoms with Gasteiger partial charge in [0, 0.05) is 10.9 Å². The minimum atomic E-state index is -2.97. The molecule has 0 radical (unpaired) electrons. The third-order valence-electron chi connectivity index (χ3n) is 1.92. The van der Waals surface area contributed by atoms with Crippen LogP contribution in [-0.4, -0.2) is 19.7 Å². The Kier molecular flexibility index (Phi) is 5.14.